The number of unbranched alkanes of at least 4 members (excludes halogenated alkanes) is 30. The summed E-state index contributed by atoms with van der Waals surface area (Å²) >= 11 is 0. The highest BCUT2D eigenvalue weighted by molar-refractivity contribution is 4.52. The minimum absolute atomic E-state index is 0.997. The lowest BCUT2D eigenvalue weighted by Gasteiger charge is -2.06. The summed E-state index contributed by atoms with van der Waals surface area (Å²) in [6, 6.07) is 0. The third-order valence-corrected chi connectivity index (χ3v) is 8.28. The van der Waals surface area contributed by atoms with Gasteiger partial charge in [-0.05, 0) is 19.9 Å². The quantitative estimate of drug-likeness (QED) is 0.0804. The van der Waals surface area contributed by atoms with Gasteiger partial charge in [-0.2, -0.15) is 0 Å². The van der Waals surface area contributed by atoms with Gasteiger partial charge in [0.15, 0.2) is 0 Å². The smallest absolute Gasteiger partial charge is 0.0466 e. The molecule has 0 aliphatic carbocycles. The molecule has 39 heavy (non-hydrogen) atoms. The Morgan fingerprint density at radius 1 is 0.256 bits per heavy atom. The number of rotatable bonds is 34. The van der Waals surface area contributed by atoms with Gasteiger partial charge in [0.25, 0.3) is 0 Å². The lowest BCUT2D eigenvalue weighted by Crippen LogP contribution is -1.97. The molecular weight excluding hydrogens is 474 g/mol. The van der Waals surface area contributed by atoms with Crippen molar-refractivity contribution in [1.82, 2.24) is 0 Å². The summed E-state index contributed by atoms with van der Waals surface area (Å²) in [4.78, 5) is 0. The summed E-state index contributed by atoms with van der Waals surface area (Å²) in [5, 5.41) is 0. The first-order chi connectivity index (χ1) is 19.4. The first-order valence-electron chi connectivity index (χ1n) is 18.6. The van der Waals surface area contributed by atoms with Crippen molar-refractivity contribution in [3.05, 3.63) is 0 Å². The summed E-state index contributed by atoms with van der Waals surface area (Å²) in [7, 11) is 1.50. The summed E-state index contributed by atoms with van der Waals surface area (Å²) < 4.78 is 5.87. The maximum Gasteiger partial charge on any atom is 0.0466 e. The van der Waals surface area contributed by atoms with Crippen LogP contribution in [-0.4, -0.2) is 20.3 Å². The van der Waals surface area contributed by atoms with Crippen molar-refractivity contribution in [3.8, 4) is 0 Å². The minimum Gasteiger partial charge on any atom is -0.381 e. The second-order valence-corrected chi connectivity index (χ2v) is 12.2. The van der Waals surface area contributed by atoms with Crippen molar-refractivity contribution >= 4 is 0 Å². The fraction of sp³-hybridized carbons (Fsp3) is 1.00. The maximum atomic E-state index is 5.87. The van der Waals surface area contributed by atoms with Crippen molar-refractivity contribution in [2.45, 2.75) is 219 Å². The van der Waals surface area contributed by atoms with E-state index < -0.39 is 0 Å². The zero-order valence-corrected chi connectivity index (χ0v) is 28.0. The van der Waals surface area contributed by atoms with Gasteiger partial charge in [0.2, 0.25) is 0 Å². The largest absolute Gasteiger partial charge is 0.381 e. The molecule has 0 spiro atoms. The molecule has 2 nitrogen and oxygen atoms in total. The Morgan fingerprint density at radius 2 is 0.410 bits per heavy atom. The van der Waals surface area contributed by atoms with Crippen LogP contribution in [0.15, 0.2) is 0 Å². The molecular formula is C37H79NO. The molecule has 0 aromatic heterocycles. The Morgan fingerprint density at radius 3 is 0.590 bits per heavy atom. The molecule has 0 aromatic rings. The maximum absolute atomic E-state index is 5.87. The third-order valence-electron chi connectivity index (χ3n) is 8.28. The van der Waals surface area contributed by atoms with E-state index in [0.717, 1.165) is 13.2 Å². The van der Waals surface area contributed by atoms with E-state index in [1.807, 2.05) is 0 Å². The van der Waals surface area contributed by atoms with Crippen LogP contribution in [0, 0.1) is 0 Å². The lowest BCUT2D eigenvalue weighted by molar-refractivity contribution is 0.125. The molecule has 0 aliphatic heterocycles. The Labute approximate surface area is 249 Å². The van der Waals surface area contributed by atoms with Crippen LogP contribution in [0.5, 0.6) is 0 Å². The molecule has 2 N–H and O–H groups in total. The van der Waals surface area contributed by atoms with E-state index in [1.165, 1.54) is 213 Å². The predicted molar refractivity (Wildman–Crippen MR) is 180 cm³/mol. The molecule has 0 bridgehead atoms. The second-order valence-electron chi connectivity index (χ2n) is 12.2. The molecule has 0 heterocycles. The summed E-state index contributed by atoms with van der Waals surface area (Å²) in [5.41, 5.74) is 4.50. The van der Waals surface area contributed by atoms with Crippen molar-refractivity contribution in [2.24, 2.45) is 5.73 Å². The molecule has 2 heteroatoms. The SMILES string of the molecule is CCCCCCCCCCCCCCCCCCOCCCCCCCCCCCCCCCCCC.CN. The van der Waals surface area contributed by atoms with Crippen LogP contribution >= 0.6 is 0 Å². The van der Waals surface area contributed by atoms with Gasteiger partial charge < -0.3 is 10.5 Å². The molecule has 0 fully saturated rings. The van der Waals surface area contributed by atoms with Crippen LogP contribution in [-0.2, 0) is 4.74 Å². The van der Waals surface area contributed by atoms with E-state index >= 15 is 0 Å². The summed E-state index contributed by atoms with van der Waals surface area (Å²) in [6.07, 6.45) is 46.0. The fourth-order valence-electron chi connectivity index (χ4n) is 5.61. The number of hydrogen-bond acceptors (Lipinski definition) is 2. The van der Waals surface area contributed by atoms with Gasteiger partial charge in [-0.25, -0.2) is 0 Å². The molecule has 0 aliphatic rings. The first kappa shape index (κ1) is 41.1. The van der Waals surface area contributed by atoms with Crippen molar-refractivity contribution < 1.29 is 4.74 Å². The van der Waals surface area contributed by atoms with Crippen LogP contribution in [0.25, 0.3) is 0 Å². The average Bonchev–Trinajstić information content (AvgIpc) is 2.96. The van der Waals surface area contributed by atoms with Gasteiger partial charge >= 0.3 is 0 Å². The van der Waals surface area contributed by atoms with Crippen LogP contribution in [0.3, 0.4) is 0 Å². The van der Waals surface area contributed by atoms with Gasteiger partial charge in [-0.15, -0.1) is 0 Å². The topological polar surface area (TPSA) is 35.2 Å². The Bertz CT molecular complexity index is 338. The van der Waals surface area contributed by atoms with Crippen molar-refractivity contribution in [2.75, 3.05) is 20.3 Å². The Hall–Kier alpha value is -0.0800. The van der Waals surface area contributed by atoms with Gasteiger partial charge in [0.1, 0.15) is 0 Å². The van der Waals surface area contributed by atoms with Crippen molar-refractivity contribution in [1.29, 1.82) is 0 Å². The molecule has 238 valence electrons. The van der Waals surface area contributed by atoms with E-state index in [1.54, 1.807) is 0 Å². The number of hydrogen-bond donors (Lipinski definition) is 1. The Kier molecular flexibility index (Phi) is 44.6. The van der Waals surface area contributed by atoms with E-state index in [9.17, 15) is 0 Å². The van der Waals surface area contributed by atoms with E-state index in [-0.39, 0.29) is 0 Å². The first-order valence-corrected chi connectivity index (χ1v) is 18.6. The second kappa shape index (κ2) is 42.4. The minimum atomic E-state index is 0.997. The summed E-state index contributed by atoms with van der Waals surface area (Å²) in [6.45, 7) is 6.60. The van der Waals surface area contributed by atoms with Crippen molar-refractivity contribution in [3.63, 3.8) is 0 Å². The molecule has 0 rings (SSSR count). The van der Waals surface area contributed by atoms with Gasteiger partial charge in [0, 0.05) is 13.2 Å². The van der Waals surface area contributed by atoms with Crippen LogP contribution in [0.2, 0.25) is 0 Å². The van der Waals surface area contributed by atoms with E-state index in [2.05, 4.69) is 19.6 Å². The molecule has 0 amide bonds. The standard InChI is InChI=1S/C36H74O.CH5N/c1-3-5-7-9-11-13-15-17-19-21-23-25-27-29-31-33-35-37-36-34-32-30-28-26-24-22-20-18-16-14-12-10-8-6-4-2;1-2/h3-36H2,1-2H3;2H2,1H3. The zero-order valence-electron chi connectivity index (χ0n) is 28.0. The Balaban J connectivity index is 0. The molecule has 0 unspecified atom stereocenters. The molecule has 0 atom stereocenters. The lowest BCUT2D eigenvalue weighted by atomic mass is 10.0. The van der Waals surface area contributed by atoms with Crippen LogP contribution < -0.4 is 5.73 Å². The molecule has 0 saturated heterocycles. The van der Waals surface area contributed by atoms with Gasteiger partial charge in [0.05, 0.1) is 0 Å². The van der Waals surface area contributed by atoms with Crippen LogP contribution in [0.1, 0.15) is 219 Å². The molecule has 0 aromatic carbocycles. The highest BCUT2D eigenvalue weighted by Crippen LogP contribution is 2.15. The molecule has 0 radical (unpaired) electrons. The number of ether oxygens (including phenoxy) is 1. The normalized spacial score (nSPS) is 11.1. The fourth-order valence-corrected chi connectivity index (χ4v) is 5.61. The van der Waals surface area contributed by atoms with E-state index in [0.29, 0.717) is 0 Å². The van der Waals surface area contributed by atoms with E-state index in [4.69, 9.17) is 4.74 Å². The summed E-state index contributed by atoms with van der Waals surface area (Å²) in [5.74, 6) is 0. The number of nitrogens with two attached hydrogens (primary N) is 1. The van der Waals surface area contributed by atoms with Gasteiger partial charge in [-0.1, -0.05) is 206 Å². The third kappa shape index (κ3) is 42.5. The molecule has 0 saturated carbocycles. The predicted octanol–water partition coefficient (Wildman–Crippen LogP) is 13.1. The van der Waals surface area contributed by atoms with Crippen LogP contribution in [0.4, 0.5) is 0 Å². The monoisotopic (exact) mass is 554 g/mol. The van der Waals surface area contributed by atoms with Gasteiger partial charge in [-0.3, -0.25) is 0 Å². The highest BCUT2D eigenvalue weighted by atomic mass is 16.5. The highest BCUT2D eigenvalue weighted by Gasteiger charge is 1.97. The zero-order chi connectivity index (χ0) is 28.7. The average molecular weight is 554 g/mol.